The summed E-state index contributed by atoms with van der Waals surface area (Å²) in [5, 5.41) is 12.8. The standard InChI is InChI=1S/C10H10Cl2N2O4/c1-2-3-13-10(15)18-9-7(11)4-6(14(16)17)5-8(9)12/h4-5H,2-3H2,1H3,(H,13,15). The molecular formula is C10H10Cl2N2O4. The number of non-ortho nitro benzene ring substituents is 1. The number of hydrogen-bond acceptors (Lipinski definition) is 4. The minimum Gasteiger partial charge on any atom is -0.407 e. The molecule has 0 atom stereocenters. The molecule has 0 unspecified atom stereocenters. The van der Waals surface area contributed by atoms with Crippen LogP contribution in [-0.4, -0.2) is 17.6 Å². The van der Waals surface area contributed by atoms with Crippen LogP contribution >= 0.6 is 23.2 Å². The molecule has 0 fully saturated rings. The van der Waals surface area contributed by atoms with Gasteiger partial charge in [-0.15, -0.1) is 0 Å². The fourth-order valence-electron chi connectivity index (χ4n) is 1.11. The highest BCUT2D eigenvalue weighted by Crippen LogP contribution is 2.36. The van der Waals surface area contributed by atoms with E-state index in [0.717, 1.165) is 18.6 Å². The zero-order valence-corrected chi connectivity index (χ0v) is 10.9. The van der Waals surface area contributed by atoms with Gasteiger partial charge in [0.05, 0.1) is 15.0 Å². The molecule has 0 aromatic heterocycles. The fourth-order valence-corrected chi connectivity index (χ4v) is 1.66. The summed E-state index contributed by atoms with van der Waals surface area (Å²) >= 11 is 11.5. The van der Waals surface area contributed by atoms with Crippen LogP contribution in [0.4, 0.5) is 10.5 Å². The Morgan fingerprint density at radius 1 is 1.44 bits per heavy atom. The average Bonchev–Trinajstić information content (AvgIpc) is 2.30. The van der Waals surface area contributed by atoms with E-state index in [2.05, 4.69) is 5.32 Å². The number of rotatable bonds is 4. The Kier molecular flexibility index (Phi) is 5.18. The molecule has 0 aliphatic carbocycles. The van der Waals surface area contributed by atoms with Crippen LogP contribution in [0.15, 0.2) is 12.1 Å². The summed E-state index contributed by atoms with van der Waals surface area (Å²) in [7, 11) is 0. The first-order valence-electron chi connectivity index (χ1n) is 5.04. The summed E-state index contributed by atoms with van der Waals surface area (Å²) < 4.78 is 4.88. The van der Waals surface area contributed by atoms with Gasteiger partial charge in [-0.05, 0) is 6.42 Å². The SMILES string of the molecule is CCCNC(=O)Oc1c(Cl)cc([N+](=O)[O-])cc1Cl. The number of carbonyl (C=O) groups excluding carboxylic acids is 1. The Morgan fingerprint density at radius 3 is 2.44 bits per heavy atom. The fraction of sp³-hybridized carbons (Fsp3) is 0.300. The molecule has 0 aliphatic rings. The lowest BCUT2D eigenvalue weighted by Crippen LogP contribution is -2.27. The summed E-state index contributed by atoms with van der Waals surface area (Å²) in [6, 6.07) is 2.13. The molecule has 0 saturated carbocycles. The first kappa shape index (κ1) is 14.5. The average molecular weight is 293 g/mol. The number of nitro groups is 1. The Balaban J connectivity index is 2.90. The maximum Gasteiger partial charge on any atom is 0.412 e. The van der Waals surface area contributed by atoms with E-state index in [0.29, 0.717) is 6.54 Å². The highest BCUT2D eigenvalue weighted by Gasteiger charge is 2.17. The first-order valence-corrected chi connectivity index (χ1v) is 5.80. The molecule has 1 amide bonds. The second-order valence-electron chi connectivity index (χ2n) is 3.31. The molecule has 8 heteroatoms. The van der Waals surface area contributed by atoms with Crippen LogP contribution in [0.2, 0.25) is 10.0 Å². The number of carbonyl (C=O) groups is 1. The van der Waals surface area contributed by atoms with E-state index in [4.69, 9.17) is 27.9 Å². The minimum absolute atomic E-state index is 0.0964. The van der Waals surface area contributed by atoms with Crippen LogP contribution in [0.25, 0.3) is 0 Å². The van der Waals surface area contributed by atoms with Crippen molar-refractivity contribution in [3.63, 3.8) is 0 Å². The largest absolute Gasteiger partial charge is 0.412 e. The highest BCUT2D eigenvalue weighted by molar-refractivity contribution is 6.37. The number of benzene rings is 1. The van der Waals surface area contributed by atoms with Crippen molar-refractivity contribution in [1.82, 2.24) is 5.32 Å². The molecular weight excluding hydrogens is 283 g/mol. The Labute approximate surface area is 113 Å². The monoisotopic (exact) mass is 292 g/mol. The smallest absolute Gasteiger partial charge is 0.407 e. The summed E-state index contributed by atoms with van der Waals surface area (Å²) in [6.07, 6.45) is 0.0334. The summed E-state index contributed by atoms with van der Waals surface area (Å²) in [4.78, 5) is 21.2. The second kappa shape index (κ2) is 6.42. The number of nitrogens with zero attached hydrogens (tertiary/aromatic N) is 1. The predicted molar refractivity (Wildman–Crippen MR) is 67.4 cm³/mol. The lowest BCUT2D eigenvalue weighted by atomic mass is 10.3. The van der Waals surface area contributed by atoms with Gasteiger partial charge >= 0.3 is 6.09 Å². The van der Waals surface area contributed by atoms with E-state index in [9.17, 15) is 14.9 Å². The maximum absolute atomic E-state index is 11.3. The zero-order valence-electron chi connectivity index (χ0n) is 9.41. The second-order valence-corrected chi connectivity index (χ2v) is 4.13. The molecule has 1 rings (SSSR count). The van der Waals surface area contributed by atoms with Crippen molar-refractivity contribution in [1.29, 1.82) is 0 Å². The number of halogens is 2. The number of nitro benzene ring substituents is 1. The zero-order chi connectivity index (χ0) is 13.7. The molecule has 18 heavy (non-hydrogen) atoms. The Hall–Kier alpha value is -1.53. The molecule has 0 bridgehead atoms. The van der Waals surface area contributed by atoms with Crippen LogP contribution in [0.1, 0.15) is 13.3 Å². The molecule has 0 aliphatic heterocycles. The van der Waals surface area contributed by atoms with Gasteiger partial charge in [-0.25, -0.2) is 4.79 Å². The third-order valence-corrected chi connectivity index (χ3v) is 2.47. The lowest BCUT2D eigenvalue weighted by Gasteiger charge is -2.08. The normalized spacial score (nSPS) is 9.94. The first-order chi connectivity index (χ1) is 8.45. The van der Waals surface area contributed by atoms with Crippen molar-refractivity contribution < 1.29 is 14.5 Å². The van der Waals surface area contributed by atoms with Crippen LogP contribution < -0.4 is 10.1 Å². The van der Waals surface area contributed by atoms with Gasteiger partial charge in [0.2, 0.25) is 0 Å². The van der Waals surface area contributed by atoms with Gasteiger partial charge in [0, 0.05) is 18.7 Å². The molecule has 0 heterocycles. The number of ether oxygens (including phenoxy) is 1. The van der Waals surface area contributed by atoms with E-state index in [1.54, 1.807) is 0 Å². The molecule has 0 spiro atoms. The molecule has 0 radical (unpaired) electrons. The van der Waals surface area contributed by atoms with Crippen molar-refractivity contribution in [3.05, 3.63) is 32.3 Å². The van der Waals surface area contributed by atoms with E-state index in [-0.39, 0.29) is 21.5 Å². The number of nitrogens with one attached hydrogen (secondary N) is 1. The van der Waals surface area contributed by atoms with Crippen LogP contribution in [-0.2, 0) is 0 Å². The summed E-state index contributed by atoms with van der Waals surface area (Å²) in [5.41, 5.74) is -0.272. The van der Waals surface area contributed by atoms with Gasteiger partial charge in [0.25, 0.3) is 5.69 Å². The Morgan fingerprint density at radius 2 is 2.00 bits per heavy atom. The number of amides is 1. The van der Waals surface area contributed by atoms with Crippen molar-refractivity contribution in [2.75, 3.05) is 6.54 Å². The molecule has 0 saturated heterocycles. The molecule has 1 aromatic carbocycles. The van der Waals surface area contributed by atoms with Gasteiger partial charge in [0.15, 0.2) is 5.75 Å². The molecule has 1 N–H and O–H groups in total. The number of hydrogen-bond donors (Lipinski definition) is 1. The van der Waals surface area contributed by atoms with E-state index >= 15 is 0 Å². The maximum atomic E-state index is 11.3. The van der Waals surface area contributed by atoms with E-state index < -0.39 is 11.0 Å². The molecule has 1 aromatic rings. The topological polar surface area (TPSA) is 81.5 Å². The molecule has 6 nitrogen and oxygen atoms in total. The van der Waals surface area contributed by atoms with Crippen molar-refractivity contribution >= 4 is 35.0 Å². The predicted octanol–water partition coefficient (Wildman–Crippen LogP) is 3.40. The third-order valence-electron chi connectivity index (χ3n) is 1.91. The van der Waals surface area contributed by atoms with Gasteiger partial charge in [-0.2, -0.15) is 0 Å². The van der Waals surface area contributed by atoms with Crippen molar-refractivity contribution in [2.45, 2.75) is 13.3 Å². The van der Waals surface area contributed by atoms with Gasteiger partial charge in [0.1, 0.15) is 0 Å². The van der Waals surface area contributed by atoms with Gasteiger partial charge < -0.3 is 10.1 Å². The van der Waals surface area contributed by atoms with Gasteiger partial charge in [-0.3, -0.25) is 10.1 Å². The van der Waals surface area contributed by atoms with Crippen molar-refractivity contribution in [2.24, 2.45) is 0 Å². The van der Waals surface area contributed by atoms with Crippen LogP contribution in [0.5, 0.6) is 5.75 Å². The van der Waals surface area contributed by atoms with Crippen LogP contribution in [0.3, 0.4) is 0 Å². The third kappa shape index (κ3) is 3.75. The van der Waals surface area contributed by atoms with Crippen LogP contribution in [0, 0.1) is 10.1 Å². The summed E-state index contributed by atoms with van der Waals surface area (Å²) in [5.74, 6) is -0.0995. The van der Waals surface area contributed by atoms with Gasteiger partial charge in [-0.1, -0.05) is 30.1 Å². The Bertz CT molecular complexity index is 456. The highest BCUT2D eigenvalue weighted by atomic mass is 35.5. The quantitative estimate of drug-likeness (QED) is 0.681. The van der Waals surface area contributed by atoms with E-state index in [1.807, 2.05) is 6.92 Å². The lowest BCUT2D eigenvalue weighted by molar-refractivity contribution is -0.384. The van der Waals surface area contributed by atoms with Crippen molar-refractivity contribution in [3.8, 4) is 5.75 Å². The summed E-state index contributed by atoms with van der Waals surface area (Å²) in [6.45, 7) is 2.33. The van der Waals surface area contributed by atoms with E-state index in [1.165, 1.54) is 0 Å². The minimum atomic E-state index is -0.713. The molecule has 98 valence electrons.